The smallest absolute Gasteiger partial charge is 0.0540 e. The van der Waals surface area contributed by atoms with Crippen LogP contribution in [-0.4, -0.2) is 34.1 Å². The van der Waals surface area contributed by atoms with E-state index in [2.05, 4.69) is 17.3 Å². The maximum absolute atomic E-state index is 9.49. The van der Waals surface area contributed by atoms with E-state index < -0.39 is 0 Å². The monoisotopic (exact) mass is 266 g/mol. The first-order chi connectivity index (χ1) is 9.17. The molecular formula is C14H26N4O. The fourth-order valence-corrected chi connectivity index (χ4v) is 3.05. The van der Waals surface area contributed by atoms with Gasteiger partial charge in [-0.05, 0) is 25.7 Å². The topological polar surface area (TPSA) is 76.1 Å². The predicted molar refractivity (Wildman–Crippen MR) is 75.7 cm³/mol. The minimum absolute atomic E-state index is 0.130. The van der Waals surface area contributed by atoms with Crippen molar-refractivity contribution in [2.45, 2.75) is 44.7 Å². The van der Waals surface area contributed by atoms with Crippen molar-refractivity contribution in [1.82, 2.24) is 15.1 Å². The molecule has 5 heteroatoms. The van der Waals surface area contributed by atoms with E-state index in [0.717, 1.165) is 18.5 Å². The molecule has 0 amide bonds. The number of nitrogens with two attached hydrogens (primary N) is 1. The van der Waals surface area contributed by atoms with Crippen molar-refractivity contribution < 1.29 is 5.11 Å². The summed E-state index contributed by atoms with van der Waals surface area (Å²) in [6.07, 6.45) is 6.59. The lowest BCUT2D eigenvalue weighted by Crippen LogP contribution is -2.44. The van der Waals surface area contributed by atoms with Gasteiger partial charge in [0.15, 0.2) is 0 Å². The summed E-state index contributed by atoms with van der Waals surface area (Å²) in [6, 6.07) is 0.498. The molecule has 2 rings (SSSR count). The molecule has 0 aromatic carbocycles. The minimum atomic E-state index is 0.130. The highest BCUT2D eigenvalue weighted by molar-refractivity contribution is 5.21. The Morgan fingerprint density at radius 3 is 2.84 bits per heavy atom. The molecule has 4 N–H and O–H groups in total. The molecule has 1 heterocycles. The van der Waals surface area contributed by atoms with Gasteiger partial charge >= 0.3 is 0 Å². The molecule has 0 bridgehead atoms. The molecular weight excluding hydrogens is 240 g/mol. The summed E-state index contributed by atoms with van der Waals surface area (Å²) in [7, 11) is 1.95. The van der Waals surface area contributed by atoms with Gasteiger partial charge in [0.2, 0.25) is 0 Å². The largest absolute Gasteiger partial charge is 0.396 e. The Hall–Kier alpha value is -0.910. The van der Waals surface area contributed by atoms with Gasteiger partial charge in [-0.3, -0.25) is 4.68 Å². The molecule has 0 saturated heterocycles. The van der Waals surface area contributed by atoms with Crippen molar-refractivity contribution in [3.8, 4) is 0 Å². The number of nitrogens with zero attached hydrogens (tertiary/aromatic N) is 2. The van der Waals surface area contributed by atoms with Crippen molar-refractivity contribution in [1.29, 1.82) is 0 Å². The van der Waals surface area contributed by atoms with Crippen LogP contribution in [0.5, 0.6) is 0 Å². The second kappa shape index (κ2) is 6.50. The van der Waals surface area contributed by atoms with Gasteiger partial charge in [0.1, 0.15) is 0 Å². The Kier molecular flexibility index (Phi) is 4.96. The maximum Gasteiger partial charge on any atom is 0.0540 e. The van der Waals surface area contributed by atoms with Crippen molar-refractivity contribution in [2.24, 2.45) is 18.7 Å². The SMILES string of the molecule is Cc1c(C(CN)NC2CCCCC2CO)cnn1C. The highest BCUT2D eigenvalue weighted by Gasteiger charge is 2.27. The third-order valence-corrected chi connectivity index (χ3v) is 4.44. The normalized spacial score (nSPS) is 25.5. The van der Waals surface area contributed by atoms with Crippen LogP contribution >= 0.6 is 0 Å². The second-order valence-corrected chi connectivity index (χ2v) is 5.60. The van der Waals surface area contributed by atoms with Crippen molar-refractivity contribution in [2.75, 3.05) is 13.2 Å². The van der Waals surface area contributed by atoms with E-state index in [1.54, 1.807) is 0 Å². The Labute approximate surface area is 115 Å². The molecule has 1 aliphatic rings. The molecule has 108 valence electrons. The zero-order valence-corrected chi connectivity index (χ0v) is 12.0. The van der Waals surface area contributed by atoms with E-state index in [1.165, 1.54) is 18.4 Å². The molecule has 19 heavy (non-hydrogen) atoms. The number of aliphatic hydroxyl groups excluding tert-OH is 1. The predicted octanol–water partition coefficient (Wildman–Crippen LogP) is 0.869. The third kappa shape index (κ3) is 3.16. The van der Waals surface area contributed by atoms with Gasteiger partial charge < -0.3 is 16.2 Å². The van der Waals surface area contributed by atoms with Gasteiger partial charge in [0.25, 0.3) is 0 Å². The first-order valence-corrected chi connectivity index (χ1v) is 7.22. The van der Waals surface area contributed by atoms with Crippen LogP contribution in [0, 0.1) is 12.8 Å². The Morgan fingerprint density at radius 2 is 2.26 bits per heavy atom. The zero-order valence-electron chi connectivity index (χ0n) is 12.0. The summed E-state index contributed by atoms with van der Waals surface area (Å²) in [5, 5.41) is 17.4. The molecule has 3 unspecified atom stereocenters. The van der Waals surface area contributed by atoms with Gasteiger partial charge in [-0.15, -0.1) is 0 Å². The number of aliphatic hydroxyl groups is 1. The molecule has 0 radical (unpaired) electrons. The molecule has 1 saturated carbocycles. The number of hydrogen-bond acceptors (Lipinski definition) is 4. The number of hydrogen-bond donors (Lipinski definition) is 3. The van der Waals surface area contributed by atoms with Gasteiger partial charge in [0, 0.05) is 43.5 Å². The van der Waals surface area contributed by atoms with Crippen LogP contribution in [0.2, 0.25) is 0 Å². The Morgan fingerprint density at radius 1 is 1.53 bits per heavy atom. The van der Waals surface area contributed by atoms with Crippen LogP contribution in [0.25, 0.3) is 0 Å². The highest BCUT2D eigenvalue weighted by atomic mass is 16.3. The average molecular weight is 266 g/mol. The van der Waals surface area contributed by atoms with Crippen LogP contribution < -0.4 is 11.1 Å². The molecule has 0 aliphatic heterocycles. The van der Waals surface area contributed by atoms with Gasteiger partial charge in [-0.1, -0.05) is 12.8 Å². The number of aryl methyl sites for hydroxylation is 1. The van der Waals surface area contributed by atoms with Crippen molar-refractivity contribution >= 4 is 0 Å². The van der Waals surface area contributed by atoms with Crippen LogP contribution in [0.15, 0.2) is 6.20 Å². The number of rotatable bonds is 5. The van der Waals surface area contributed by atoms with Crippen LogP contribution in [0.3, 0.4) is 0 Å². The fraction of sp³-hybridized carbons (Fsp3) is 0.786. The first kappa shape index (κ1) is 14.5. The Bertz CT molecular complexity index is 404. The molecule has 0 spiro atoms. The molecule has 1 aromatic rings. The van der Waals surface area contributed by atoms with Gasteiger partial charge in [0.05, 0.1) is 6.20 Å². The lowest BCUT2D eigenvalue weighted by Gasteiger charge is -2.34. The lowest BCUT2D eigenvalue weighted by molar-refractivity contribution is 0.146. The van der Waals surface area contributed by atoms with E-state index in [0.29, 0.717) is 18.5 Å². The van der Waals surface area contributed by atoms with E-state index in [1.807, 2.05) is 17.9 Å². The quantitative estimate of drug-likeness (QED) is 0.739. The standard InChI is InChI=1S/C14H26N4O/c1-10-12(8-16-18(10)2)14(7-15)17-13-6-4-3-5-11(13)9-19/h8,11,13-14,17,19H,3-7,9,15H2,1-2H3. The van der Waals surface area contributed by atoms with E-state index in [-0.39, 0.29) is 12.6 Å². The van der Waals surface area contributed by atoms with Crippen molar-refractivity contribution in [3.63, 3.8) is 0 Å². The van der Waals surface area contributed by atoms with Crippen LogP contribution in [0.1, 0.15) is 43.0 Å². The summed E-state index contributed by atoms with van der Waals surface area (Å²) in [5.41, 5.74) is 8.25. The fourth-order valence-electron chi connectivity index (χ4n) is 3.05. The van der Waals surface area contributed by atoms with E-state index in [9.17, 15) is 5.11 Å². The lowest BCUT2D eigenvalue weighted by atomic mass is 9.84. The van der Waals surface area contributed by atoms with E-state index >= 15 is 0 Å². The summed E-state index contributed by atoms with van der Waals surface area (Å²) < 4.78 is 1.88. The zero-order chi connectivity index (χ0) is 13.8. The van der Waals surface area contributed by atoms with Gasteiger partial charge in [-0.2, -0.15) is 5.10 Å². The number of aromatic nitrogens is 2. The Balaban J connectivity index is 2.08. The maximum atomic E-state index is 9.49. The highest BCUT2D eigenvalue weighted by Crippen LogP contribution is 2.27. The summed E-state index contributed by atoms with van der Waals surface area (Å²) in [5.74, 6) is 0.361. The first-order valence-electron chi connectivity index (χ1n) is 7.22. The summed E-state index contributed by atoms with van der Waals surface area (Å²) in [4.78, 5) is 0. The van der Waals surface area contributed by atoms with Crippen LogP contribution in [0.4, 0.5) is 0 Å². The van der Waals surface area contributed by atoms with E-state index in [4.69, 9.17) is 5.73 Å². The molecule has 1 fully saturated rings. The minimum Gasteiger partial charge on any atom is -0.396 e. The summed E-state index contributed by atoms with van der Waals surface area (Å²) >= 11 is 0. The molecule has 1 aromatic heterocycles. The summed E-state index contributed by atoms with van der Waals surface area (Å²) in [6.45, 7) is 2.89. The van der Waals surface area contributed by atoms with Crippen LogP contribution in [-0.2, 0) is 7.05 Å². The average Bonchev–Trinajstić information content (AvgIpc) is 2.77. The van der Waals surface area contributed by atoms with Crippen molar-refractivity contribution in [3.05, 3.63) is 17.5 Å². The van der Waals surface area contributed by atoms with Gasteiger partial charge in [-0.25, -0.2) is 0 Å². The molecule has 1 aliphatic carbocycles. The third-order valence-electron chi connectivity index (χ3n) is 4.44. The second-order valence-electron chi connectivity index (χ2n) is 5.60. The number of nitrogens with one attached hydrogen (secondary N) is 1. The molecule has 5 nitrogen and oxygen atoms in total. The molecule has 3 atom stereocenters.